The highest BCUT2D eigenvalue weighted by molar-refractivity contribution is 7.99. The quantitative estimate of drug-likeness (QED) is 0.493. The Kier molecular flexibility index (Phi) is 7.50. The van der Waals surface area contributed by atoms with Crippen LogP contribution in [0.5, 0.6) is 0 Å². The van der Waals surface area contributed by atoms with Crippen LogP contribution in [0.2, 0.25) is 0 Å². The van der Waals surface area contributed by atoms with E-state index < -0.39 is 0 Å². The van der Waals surface area contributed by atoms with Gasteiger partial charge in [0.25, 0.3) is 5.91 Å². The first kappa shape index (κ1) is 22.2. The Morgan fingerprint density at radius 2 is 1.94 bits per heavy atom. The molecule has 0 saturated heterocycles. The maximum Gasteiger partial charge on any atom is 0.254 e. The van der Waals surface area contributed by atoms with Crippen LogP contribution in [0.25, 0.3) is 0 Å². The summed E-state index contributed by atoms with van der Waals surface area (Å²) in [5, 5.41) is 6.24. The Morgan fingerprint density at radius 3 is 2.58 bits per heavy atom. The number of hydrogen-bond acceptors (Lipinski definition) is 6. The predicted molar refractivity (Wildman–Crippen MR) is 117 cm³/mol. The lowest BCUT2D eigenvalue weighted by Gasteiger charge is -2.17. The zero-order valence-corrected chi connectivity index (χ0v) is 18.0. The van der Waals surface area contributed by atoms with Crippen LogP contribution in [0.4, 0.5) is 5.69 Å². The van der Waals surface area contributed by atoms with E-state index in [0.717, 1.165) is 5.16 Å². The molecule has 0 saturated carbocycles. The lowest BCUT2D eigenvalue weighted by Crippen LogP contribution is -2.38. The first-order valence-corrected chi connectivity index (χ1v) is 10.5. The van der Waals surface area contributed by atoms with Crippen LogP contribution < -0.4 is 10.6 Å². The number of aromatic nitrogens is 2. The van der Waals surface area contributed by atoms with E-state index in [1.54, 1.807) is 49.6 Å². The van der Waals surface area contributed by atoms with Gasteiger partial charge >= 0.3 is 0 Å². The molecule has 0 radical (unpaired) electrons. The van der Waals surface area contributed by atoms with E-state index >= 15 is 0 Å². The van der Waals surface area contributed by atoms with Crippen LogP contribution in [0.1, 0.15) is 16.1 Å². The van der Waals surface area contributed by atoms with E-state index in [1.165, 1.54) is 22.9 Å². The van der Waals surface area contributed by atoms with E-state index in [9.17, 15) is 14.4 Å². The van der Waals surface area contributed by atoms with Gasteiger partial charge < -0.3 is 24.5 Å². The highest BCUT2D eigenvalue weighted by Crippen LogP contribution is 2.16. The molecule has 2 N–H and O–H groups in total. The van der Waals surface area contributed by atoms with Crippen molar-refractivity contribution in [2.24, 2.45) is 7.05 Å². The number of thioether (sulfide) groups is 1. The van der Waals surface area contributed by atoms with Crippen molar-refractivity contribution in [2.45, 2.75) is 11.7 Å². The van der Waals surface area contributed by atoms with Gasteiger partial charge in [0.15, 0.2) is 5.16 Å². The third kappa shape index (κ3) is 6.48. The van der Waals surface area contributed by atoms with Crippen molar-refractivity contribution in [1.29, 1.82) is 0 Å². The molecular formula is C21H23N5O4S. The van der Waals surface area contributed by atoms with Gasteiger partial charge in [-0.15, -0.1) is 0 Å². The molecule has 0 unspecified atom stereocenters. The molecule has 0 aliphatic carbocycles. The van der Waals surface area contributed by atoms with E-state index in [2.05, 4.69) is 15.6 Å². The molecule has 3 rings (SSSR count). The summed E-state index contributed by atoms with van der Waals surface area (Å²) in [6, 6.07) is 10.0. The smallest absolute Gasteiger partial charge is 0.254 e. The maximum absolute atomic E-state index is 12.5. The second-order valence-electron chi connectivity index (χ2n) is 6.75. The van der Waals surface area contributed by atoms with Crippen molar-refractivity contribution < 1.29 is 18.8 Å². The van der Waals surface area contributed by atoms with Crippen molar-refractivity contribution in [2.75, 3.05) is 24.7 Å². The summed E-state index contributed by atoms with van der Waals surface area (Å²) in [7, 11) is 3.42. The van der Waals surface area contributed by atoms with Gasteiger partial charge in [-0.2, -0.15) is 0 Å². The van der Waals surface area contributed by atoms with Crippen molar-refractivity contribution in [3.8, 4) is 0 Å². The second-order valence-corrected chi connectivity index (χ2v) is 7.69. The minimum absolute atomic E-state index is 0.0809. The number of furan rings is 1. The SMILES string of the molecule is CN(CC(=O)NCc1ccco1)C(=O)c1ccc(NC(=O)CSc2nccn2C)cc1. The number of nitrogens with zero attached hydrogens (tertiary/aromatic N) is 3. The Bertz CT molecular complexity index is 1030. The summed E-state index contributed by atoms with van der Waals surface area (Å²) >= 11 is 1.34. The van der Waals surface area contributed by atoms with Crippen molar-refractivity contribution in [3.05, 3.63) is 66.4 Å². The van der Waals surface area contributed by atoms with Crippen LogP contribution in [-0.4, -0.2) is 51.5 Å². The number of carbonyl (C=O) groups is 3. The summed E-state index contributed by atoms with van der Waals surface area (Å²) in [5.41, 5.74) is 1.00. The van der Waals surface area contributed by atoms with Gasteiger partial charge in [-0.05, 0) is 36.4 Å². The number of carbonyl (C=O) groups excluding carboxylic acids is 3. The predicted octanol–water partition coefficient (Wildman–Crippen LogP) is 2.13. The molecule has 9 nitrogen and oxygen atoms in total. The summed E-state index contributed by atoms with van der Waals surface area (Å²) in [4.78, 5) is 42.2. The number of benzene rings is 1. The Balaban J connectivity index is 1.45. The molecule has 0 atom stereocenters. The van der Waals surface area contributed by atoms with E-state index in [0.29, 0.717) is 17.0 Å². The fourth-order valence-electron chi connectivity index (χ4n) is 2.68. The molecule has 0 aliphatic rings. The normalized spacial score (nSPS) is 10.5. The van der Waals surface area contributed by atoms with E-state index in [4.69, 9.17) is 4.42 Å². The monoisotopic (exact) mass is 441 g/mol. The molecule has 31 heavy (non-hydrogen) atoms. The molecule has 0 spiro atoms. The van der Waals surface area contributed by atoms with Crippen molar-refractivity contribution in [1.82, 2.24) is 19.8 Å². The van der Waals surface area contributed by atoms with Crippen LogP contribution in [0.3, 0.4) is 0 Å². The highest BCUT2D eigenvalue weighted by Gasteiger charge is 2.15. The fourth-order valence-corrected chi connectivity index (χ4v) is 3.41. The molecule has 3 aromatic rings. The number of aryl methyl sites for hydroxylation is 1. The van der Waals surface area contributed by atoms with Gasteiger partial charge in [0.05, 0.1) is 25.1 Å². The standard InChI is InChI=1S/C21H23N5O4S/c1-25-10-9-22-21(25)31-14-19(28)24-16-7-5-15(6-8-16)20(29)26(2)13-18(27)23-12-17-4-3-11-30-17/h3-11H,12-14H2,1-2H3,(H,23,27)(H,24,28). The first-order valence-electron chi connectivity index (χ1n) is 9.47. The molecule has 0 aliphatic heterocycles. The Morgan fingerprint density at radius 1 is 1.16 bits per heavy atom. The molecule has 1 aromatic carbocycles. The third-order valence-electron chi connectivity index (χ3n) is 4.29. The van der Waals surface area contributed by atoms with Crippen LogP contribution >= 0.6 is 11.8 Å². The minimum atomic E-state index is -0.295. The number of likely N-dealkylation sites (N-methyl/N-ethyl adjacent to an activating group) is 1. The largest absolute Gasteiger partial charge is 0.467 e. The molecule has 3 amide bonds. The minimum Gasteiger partial charge on any atom is -0.467 e. The number of amides is 3. The summed E-state index contributed by atoms with van der Waals surface area (Å²) < 4.78 is 6.99. The van der Waals surface area contributed by atoms with Gasteiger partial charge in [0, 0.05) is 37.7 Å². The van der Waals surface area contributed by atoms with E-state index in [-0.39, 0.29) is 36.6 Å². The number of anilines is 1. The number of rotatable bonds is 9. The van der Waals surface area contributed by atoms with Crippen molar-refractivity contribution >= 4 is 35.2 Å². The Labute approximate surface area is 183 Å². The average molecular weight is 442 g/mol. The number of imidazole rings is 1. The molecule has 0 fully saturated rings. The lowest BCUT2D eigenvalue weighted by atomic mass is 10.2. The fraction of sp³-hybridized carbons (Fsp3) is 0.238. The van der Waals surface area contributed by atoms with Gasteiger partial charge in [0.1, 0.15) is 5.76 Å². The topological polar surface area (TPSA) is 109 Å². The molecule has 0 bridgehead atoms. The van der Waals surface area contributed by atoms with Crippen LogP contribution in [-0.2, 0) is 23.2 Å². The maximum atomic E-state index is 12.5. The van der Waals surface area contributed by atoms with Gasteiger partial charge in [0.2, 0.25) is 11.8 Å². The summed E-state index contributed by atoms with van der Waals surface area (Å²) in [6.07, 6.45) is 5.02. The third-order valence-corrected chi connectivity index (χ3v) is 5.35. The number of nitrogens with one attached hydrogen (secondary N) is 2. The molecule has 162 valence electrons. The molecule has 10 heteroatoms. The second kappa shape index (κ2) is 10.5. The molecule has 2 aromatic heterocycles. The molecular weight excluding hydrogens is 418 g/mol. The summed E-state index contributed by atoms with van der Waals surface area (Å²) in [5.74, 6) is 0.106. The number of hydrogen-bond donors (Lipinski definition) is 2. The Hall–Kier alpha value is -3.53. The zero-order chi connectivity index (χ0) is 22.2. The van der Waals surface area contributed by atoms with Gasteiger partial charge in [-0.3, -0.25) is 14.4 Å². The highest BCUT2D eigenvalue weighted by atomic mass is 32.2. The zero-order valence-electron chi connectivity index (χ0n) is 17.2. The van der Waals surface area contributed by atoms with Gasteiger partial charge in [-0.25, -0.2) is 4.98 Å². The van der Waals surface area contributed by atoms with Crippen LogP contribution in [0, 0.1) is 0 Å². The van der Waals surface area contributed by atoms with E-state index in [1.807, 2.05) is 17.8 Å². The molecule has 2 heterocycles. The lowest BCUT2D eigenvalue weighted by molar-refractivity contribution is -0.121. The van der Waals surface area contributed by atoms with Crippen LogP contribution in [0.15, 0.2) is 64.6 Å². The van der Waals surface area contributed by atoms with Gasteiger partial charge in [-0.1, -0.05) is 11.8 Å². The average Bonchev–Trinajstić information content (AvgIpc) is 3.42. The first-order chi connectivity index (χ1) is 14.9. The summed E-state index contributed by atoms with van der Waals surface area (Å²) in [6.45, 7) is 0.184. The van der Waals surface area contributed by atoms with Crippen molar-refractivity contribution in [3.63, 3.8) is 0 Å².